The summed E-state index contributed by atoms with van der Waals surface area (Å²) in [5, 5.41) is 2.73. The monoisotopic (exact) mass is 556 g/mol. The van der Waals surface area contributed by atoms with Crippen LogP contribution in [0.3, 0.4) is 0 Å². The predicted molar refractivity (Wildman–Crippen MR) is 136 cm³/mol. The van der Waals surface area contributed by atoms with Crippen molar-refractivity contribution in [1.29, 1.82) is 0 Å². The Morgan fingerprint density at radius 2 is 1.97 bits per heavy atom. The van der Waals surface area contributed by atoms with E-state index in [-0.39, 0.29) is 30.8 Å². The molecule has 10 nitrogen and oxygen atoms in total. The van der Waals surface area contributed by atoms with Gasteiger partial charge in [-0.05, 0) is 58.2 Å². The van der Waals surface area contributed by atoms with E-state index in [4.69, 9.17) is 10.5 Å². The average Bonchev–Trinajstić information content (AvgIpc) is 3.22. The fourth-order valence-electron chi connectivity index (χ4n) is 4.29. The molecule has 208 valence electrons. The van der Waals surface area contributed by atoms with Gasteiger partial charge in [-0.1, -0.05) is 6.07 Å². The molecule has 1 aromatic carbocycles. The Hall–Kier alpha value is -3.39. The van der Waals surface area contributed by atoms with Crippen LogP contribution in [-0.2, 0) is 20.9 Å². The highest BCUT2D eigenvalue weighted by atomic mass is 32.2. The smallest absolute Gasteiger partial charge is 0.434 e. The number of ether oxygens (including phenoxy) is 1. The van der Waals surface area contributed by atoms with Crippen molar-refractivity contribution in [3.05, 3.63) is 41.9 Å². The summed E-state index contributed by atoms with van der Waals surface area (Å²) in [5.74, 6) is -0.399. The third-order valence-electron chi connectivity index (χ3n) is 6.04. The van der Waals surface area contributed by atoms with Crippen molar-refractivity contribution in [2.45, 2.75) is 63.3 Å². The largest absolute Gasteiger partial charge is 0.444 e. The Labute approximate surface area is 219 Å². The third kappa shape index (κ3) is 5.70. The molecule has 0 radical (unpaired) electrons. The number of sulfonamides is 1. The number of benzene rings is 1. The van der Waals surface area contributed by atoms with E-state index in [9.17, 15) is 26.4 Å². The molecule has 2 aromatic heterocycles. The first-order valence-corrected chi connectivity index (χ1v) is 13.3. The van der Waals surface area contributed by atoms with Gasteiger partial charge >= 0.3 is 12.3 Å². The number of anilines is 1. The number of hydrogen-bond donors (Lipinski definition) is 2. The summed E-state index contributed by atoms with van der Waals surface area (Å²) < 4.78 is 74.9. The number of piperidine rings is 1. The molecule has 38 heavy (non-hydrogen) atoms. The molecule has 3 N–H and O–H groups in total. The van der Waals surface area contributed by atoms with E-state index in [1.165, 1.54) is 22.6 Å². The number of nitrogens with one attached hydrogen (secondary N) is 1. The van der Waals surface area contributed by atoms with Crippen LogP contribution >= 0.6 is 0 Å². The molecule has 3 aromatic rings. The normalized spacial score (nSPS) is 17.5. The second-order valence-electron chi connectivity index (χ2n) is 10.2. The van der Waals surface area contributed by atoms with Crippen LogP contribution in [0.1, 0.15) is 46.3 Å². The van der Waals surface area contributed by atoms with Gasteiger partial charge in [0.2, 0.25) is 10.0 Å². The van der Waals surface area contributed by atoms with Crippen LogP contribution in [0.15, 0.2) is 35.5 Å². The number of nitrogens with zero attached hydrogens (tertiary/aromatic N) is 4. The van der Waals surface area contributed by atoms with Crippen LogP contribution in [0, 0.1) is 6.92 Å². The number of amides is 1. The highest BCUT2D eigenvalue weighted by Gasteiger charge is 2.35. The summed E-state index contributed by atoms with van der Waals surface area (Å²) in [6.07, 6.45) is -2.14. The molecule has 1 atom stereocenters. The molecule has 14 heteroatoms. The zero-order chi connectivity index (χ0) is 28.0. The number of fused-ring (bicyclic) bond motifs is 1. The van der Waals surface area contributed by atoms with Gasteiger partial charge in [0.15, 0.2) is 17.2 Å². The quantitative estimate of drug-likeness (QED) is 0.492. The molecule has 0 spiro atoms. The van der Waals surface area contributed by atoms with Crippen LogP contribution < -0.4 is 11.1 Å². The lowest BCUT2D eigenvalue weighted by Gasteiger charge is -2.33. The fraction of sp³-hybridized carbons (Fsp3) is 0.458. The molecule has 3 heterocycles. The van der Waals surface area contributed by atoms with Crippen molar-refractivity contribution >= 4 is 27.6 Å². The highest BCUT2D eigenvalue weighted by Crippen LogP contribution is 2.33. The van der Waals surface area contributed by atoms with E-state index in [1.54, 1.807) is 33.8 Å². The number of nitrogens with two attached hydrogens (primary N) is 1. The number of rotatable bonds is 4. The Morgan fingerprint density at radius 1 is 1.26 bits per heavy atom. The summed E-state index contributed by atoms with van der Waals surface area (Å²) in [7, 11) is -3.99. The number of alkyl halides is 3. The molecule has 1 unspecified atom stereocenters. The van der Waals surface area contributed by atoms with Gasteiger partial charge in [0.05, 0.1) is 16.8 Å². The Balaban J connectivity index is 0.00000420. The first kappa shape index (κ1) is 27.6. The number of carbonyl (C=O) groups excluding carboxylic acids is 1. The number of alkyl carbamates (subject to hydrolysis) is 1. The Morgan fingerprint density at radius 3 is 2.63 bits per heavy atom. The molecule has 0 bridgehead atoms. The van der Waals surface area contributed by atoms with E-state index in [1.807, 2.05) is 0 Å². The van der Waals surface area contributed by atoms with E-state index in [2.05, 4.69) is 15.3 Å². The number of aryl methyl sites for hydroxylation is 1. The first-order valence-electron chi connectivity index (χ1n) is 11.9. The Kier molecular flexibility index (Phi) is 7.08. The van der Waals surface area contributed by atoms with Crippen LogP contribution in [-0.4, -0.2) is 57.9 Å². The molecule has 0 aliphatic carbocycles. The minimum atomic E-state index is -4.73. The van der Waals surface area contributed by atoms with Crippen LogP contribution in [0.5, 0.6) is 0 Å². The van der Waals surface area contributed by atoms with Gasteiger partial charge in [-0.2, -0.15) is 17.5 Å². The predicted octanol–water partition coefficient (Wildman–Crippen LogP) is 4.23. The van der Waals surface area contributed by atoms with Crippen molar-refractivity contribution in [2.75, 3.05) is 18.8 Å². The van der Waals surface area contributed by atoms with E-state index in [0.29, 0.717) is 24.0 Å². The molecule has 4 rings (SSSR count). The molecule has 1 aliphatic heterocycles. The minimum Gasteiger partial charge on any atom is -0.444 e. The summed E-state index contributed by atoms with van der Waals surface area (Å²) in [6.45, 7) is 7.22. The molecular weight excluding hydrogens is 525 g/mol. The SMILES string of the molecule is Cc1ccc(S(=O)(=O)N2CCCC(NC(=O)OC(C)(C)C)C2)cc1-c1cnc2c(N)nc(C(F)(F)F)cn12.[HH]. The first-order chi connectivity index (χ1) is 17.6. The number of imidazole rings is 1. The lowest BCUT2D eigenvalue weighted by Crippen LogP contribution is -2.50. The van der Waals surface area contributed by atoms with Crippen LogP contribution in [0.2, 0.25) is 0 Å². The second kappa shape index (κ2) is 9.73. The second-order valence-corrected chi connectivity index (χ2v) is 12.1. The fourth-order valence-corrected chi connectivity index (χ4v) is 5.84. The maximum absolute atomic E-state index is 13.6. The van der Waals surface area contributed by atoms with Gasteiger partial charge in [0.1, 0.15) is 5.60 Å². The number of halogens is 3. The third-order valence-corrected chi connectivity index (χ3v) is 7.90. The van der Waals surface area contributed by atoms with Crippen molar-refractivity contribution in [2.24, 2.45) is 0 Å². The lowest BCUT2D eigenvalue weighted by atomic mass is 10.1. The van der Waals surface area contributed by atoms with Gasteiger partial charge < -0.3 is 15.8 Å². The summed E-state index contributed by atoms with van der Waals surface area (Å²) >= 11 is 0. The topological polar surface area (TPSA) is 132 Å². The van der Waals surface area contributed by atoms with Crippen molar-refractivity contribution in [3.63, 3.8) is 0 Å². The molecule has 1 aliphatic rings. The maximum atomic E-state index is 13.6. The summed E-state index contributed by atoms with van der Waals surface area (Å²) in [5.41, 5.74) is 5.09. The highest BCUT2D eigenvalue weighted by molar-refractivity contribution is 7.89. The molecule has 1 saturated heterocycles. The molecule has 0 saturated carbocycles. The zero-order valence-electron chi connectivity index (χ0n) is 21.3. The van der Waals surface area contributed by atoms with E-state index < -0.39 is 45.4 Å². The molecule has 1 amide bonds. The van der Waals surface area contributed by atoms with Crippen LogP contribution in [0.25, 0.3) is 16.9 Å². The van der Waals surface area contributed by atoms with Crippen molar-refractivity contribution in [3.8, 4) is 11.3 Å². The summed E-state index contributed by atoms with van der Waals surface area (Å²) in [6, 6.07) is 3.99. The van der Waals surface area contributed by atoms with Gasteiger partial charge in [-0.3, -0.25) is 4.40 Å². The van der Waals surface area contributed by atoms with Gasteiger partial charge in [-0.25, -0.2) is 23.2 Å². The van der Waals surface area contributed by atoms with Gasteiger partial charge in [0, 0.05) is 32.3 Å². The van der Waals surface area contributed by atoms with E-state index in [0.717, 1.165) is 10.6 Å². The standard InChI is InChI=1S/C24H29F3N6O4S.H2/c1-14-7-8-16(38(35,36)32-9-5-6-15(12-32)30-22(34)37-23(2,3)4)10-17(14)18-11-29-21-20(28)31-19(13-33(18)21)24(25,26)27;/h7-8,10-11,13,15H,5-6,9,12H2,1-4H3,(H2,28,31)(H,30,34);1H. The number of carbonyl (C=O) groups is 1. The van der Waals surface area contributed by atoms with Crippen molar-refractivity contribution in [1.82, 2.24) is 24.0 Å². The lowest BCUT2D eigenvalue weighted by molar-refractivity contribution is -0.141. The van der Waals surface area contributed by atoms with Crippen LogP contribution in [0.4, 0.5) is 23.8 Å². The van der Waals surface area contributed by atoms with Gasteiger partial charge in [0.25, 0.3) is 0 Å². The number of nitrogen functional groups attached to an aromatic ring is 1. The Bertz CT molecular complexity index is 1490. The minimum absolute atomic E-state index is 0. The summed E-state index contributed by atoms with van der Waals surface area (Å²) in [4.78, 5) is 19.6. The molecule has 1 fully saturated rings. The average molecular weight is 557 g/mol. The zero-order valence-corrected chi connectivity index (χ0v) is 22.2. The van der Waals surface area contributed by atoms with Gasteiger partial charge in [-0.15, -0.1) is 0 Å². The van der Waals surface area contributed by atoms with E-state index >= 15 is 0 Å². The molecular formula is C24H31F3N6O4S. The number of hydrogen-bond acceptors (Lipinski definition) is 7. The number of aromatic nitrogens is 3. The van der Waals surface area contributed by atoms with Crippen molar-refractivity contribution < 1.29 is 32.5 Å². The maximum Gasteiger partial charge on any atom is 0.434 e.